The van der Waals surface area contributed by atoms with Gasteiger partial charge in [0.25, 0.3) is 0 Å². The molecule has 0 aromatic heterocycles. The first-order chi connectivity index (χ1) is 7.65. The van der Waals surface area contributed by atoms with Gasteiger partial charge in [-0.05, 0) is 43.5 Å². The Kier molecular flexibility index (Phi) is 4.55. The Hall–Kier alpha value is -1.29. The second-order valence-electron chi connectivity index (χ2n) is 3.60. The van der Waals surface area contributed by atoms with Crippen LogP contribution in [0.25, 0.3) is 0 Å². The fourth-order valence-electron chi connectivity index (χ4n) is 1.74. The molecule has 0 aliphatic heterocycles. The number of aryl methyl sites for hydroxylation is 1. The molecule has 0 unspecified atom stereocenters. The lowest BCUT2D eigenvalue weighted by molar-refractivity contribution is 0.335. The van der Waals surface area contributed by atoms with Crippen molar-refractivity contribution in [3.63, 3.8) is 0 Å². The van der Waals surface area contributed by atoms with Gasteiger partial charge in [-0.15, -0.1) is 0 Å². The molecule has 16 heavy (non-hydrogen) atoms. The van der Waals surface area contributed by atoms with E-state index in [0.717, 1.165) is 24.0 Å². The highest BCUT2D eigenvalue weighted by Crippen LogP contribution is 2.35. The average molecular weight is 227 g/mol. The molecule has 1 rings (SSSR count). The monoisotopic (exact) mass is 227 g/mol. The molecule has 1 aromatic carbocycles. The van der Waals surface area contributed by atoms with Crippen LogP contribution in [0, 0.1) is 12.7 Å². The smallest absolute Gasteiger partial charge is 0.197 e. The molecule has 0 amide bonds. The van der Waals surface area contributed by atoms with Gasteiger partial charge in [-0.1, -0.05) is 0 Å². The van der Waals surface area contributed by atoms with Crippen LogP contribution in [0.1, 0.15) is 17.5 Å². The number of methoxy groups -OCH3 is 2. The van der Waals surface area contributed by atoms with E-state index in [2.05, 4.69) is 0 Å². The van der Waals surface area contributed by atoms with E-state index in [9.17, 15) is 4.39 Å². The van der Waals surface area contributed by atoms with E-state index in [0.29, 0.717) is 12.3 Å². The average Bonchev–Trinajstić information content (AvgIpc) is 2.29. The van der Waals surface area contributed by atoms with Crippen LogP contribution in [-0.4, -0.2) is 20.8 Å². The lowest BCUT2D eigenvalue weighted by Gasteiger charge is -2.15. The van der Waals surface area contributed by atoms with Crippen LogP contribution in [0.3, 0.4) is 0 Å². The Morgan fingerprint density at radius 1 is 1.25 bits per heavy atom. The predicted molar refractivity (Wildman–Crippen MR) is 61.6 cm³/mol. The van der Waals surface area contributed by atoms with E-state index < -0.39 is 5.82 Å². The highest BCUT2D eigenvalue weighted by Gasteiger charge is 2.16. The van der Waals surface area contributed by atoms with E-state index in [1.54, 1.807) is 0 Å². The van der Waals surface area contributed by atoms with Crippen LogP contribution in [0.2, 0.25) is 0 Å². The summed E-state index contributed by atoms with van der Waals surface area (Å²) in [4.78, 5) is 0. The van der Waals surface area contributed by atoms with Crippen molar-refractivity contribution >= 4 is 0 Å². The van der Waals surface area contributed by atoms with Crippen LogP contribution in [-0.2, 0) is 6.42 Å². The summed E-state index contributed by atoms with van der Waals surface area (Å²) in [6.45, 7) is 2.49. The third kappa shape index (κ3) is 2.44. The van der Waals surface area contributed by atoms with Gasteiger partial charge in [-0.2, -0.15) is 0 Å². The highest BCUT2D eigenvalue weighted by atomic mass is 19.1. The molecule has 0 radical (unpaired) electrons. The van der Waals surface area contributed by atoms with E-state index in [4.69, 9.17) is 15.2 Å². The van der Waals surface area contributed by atoms with E-state index in [1.165, 1.54) is 20.3 Å². The lowest BCUT2D eigenvalue weighted by atomic mass is 10.0. The molecular weight excluding hydrogens is 209 g/mol. The van der Waals surface area contributed by atoms with E-state index in [-0.39, 0.29) is 5.75 Å². The topological polar surface area (TPSA) is 44.5 Å². The molecule has 0 fully saturated rings. The zero-order valence-electron chi connectivity index (χ0n) is 9.97. The third-order valence-corrected chi connectivity index (χ3v) is 2.60. The number of halogens is 1. The molecule has 4 heteroatoms. The molecule has 90 valence electrons. The summed E-state index contributed by atoms with van der Waals surface area (Å²) in [5, 5.41) is 0. The molecule has 0 atom stereocenters. The van der Waals surface area contributed by atoms with E-state index in [1.807, 2.05) is 6.92 Å². The molecular formula is C12H18FNO2. The maximum absolute atomic E-state index is 13.7. The maximum atomic E-state index is 13.7. The minimum Gasteiger partial charge on any atom is -0.492 e. The Labute approximate surface area is 95.4 Å². The first kappa shape index (κ1) is 12.8. The zero-order valence-corrected chi connectivity index (χ0v) is 9.97. The summed E-state index contributed by atoms with van der Waals surface area (Å²) in [7, 11) is 2.94. The van der Waals surface area contributed by atoms with Crippen molar-refractivity contribution in [1.82, 2.24) is 0 Å². The van der Waals surface area contributed by atoms with Crippen LogP contribution in [0.15, 0.2) is 6.07 Å². The van der Waals surface area contributed by atoms with Gasteiger partial charge < -0.3 is 15.2 Å². The molecule has 3 nitrogen and oxygen atoms in total. The van der Waals surface area contributed by atoms with Gasteiger partial charge in [0.05, 0.1) is 14.2 Å². The van der Waals surface area contributed by atoms with Crippen LogP contribution < -0.4 is 15.2 Å². The molecule has 1 aromatic rings. The van der Waals surface area contributed by atoms with Crippen molar-refractivity contribution in [3.05, 3.63) is 23.0 Å². The maximum Gasteiger partial charge on any atom is 0.197 e. The fraction of sp³-hybridized carbons (Fsp3) is 0.500. The van der Waals surface area contributed by atoms with E-state index >= 15 is 0 Å². The Balaban J connectivity index is 3.17. The summed E-state index contributed by atoms with van der Waals surface area (Å²) < 4.78 is 23.8. The summed E-state index contributed by atoms with van der Waals surface area (Å²) in [5.41, 5.74) is 7.27. The van der Waals surface area contributed by atoms with Gasteiger partial charge in [-0.3, -0.25) is 0 Å². The first-order valence-corrected chi connectivity index (χ1v) is 5.25. The normalized spacial score (nSPS) is 10.3. The van der Waals surface area contributed by atoms with Gasteiger partial charge >= 0.3 is 0 Å². The van der Waals surface area contributed by atoms with Gasteiger partial charge in [0, 0.05) is 0 Å². The number of rotatable bonds is 5. The number of hydrogen-bond donors (Lipinski definition) is 1. The van der Waals surface area contributed by atoms with Crippen molar-refractivity contribution in [2.45, 2.75) is 19.8 Å². The lowest BCUT2D eigenvalue weighted by Crippen LogP contribution is -2.04. The second-order valence-corrected chi connectivity index (χ2v) is 3.60. The Bertz CT molecular complexity index is 367. The zero-order chi connectivity index (χ0) is 12.1. The van der Waals surface area contributed by atoms with Gasteiger partial charge in [-0.25, -0.2) is 4.39 Å². The number of hydrogen-bond acceptors (Lipinski definition) is 3. The van der Waals surface area contributed by atoms with Gasteiger partial charge in [0.15, 0.2) is 17.3 Å². The molecule has 0 aliphatic carbocycles. The Morgan fingerprint density at radius 2 is 1.88 bits per heavy atom. The minimum absolute atomic E-state index is 0.163. The predicted octanol–water partition coefficient (Wildman–Crippen LogP) is 2.04. The quantitative estimate of drug-likeness (QED) is 0.837. The summed E-state index contributed by atoms with van der Waals surface area (Å²) in [5.74, 6) is 0.239. The number of benzene rings is 1. The molecule has 0 spiro atoms. The number of ether oxygens (including phenoxy) is 2. The first-order valence-electron chi connectivity index (χ1n) is 5.25. The second kappa shape index (κ2) is 5.70. The Morgan fingerprint density at radius 3 is 2.38 bits per heavy atom. The van der Waals surface area contributed by atoms with Crippen molar-refractivity contribution in [3.8, 4) is 11.5 Å². The molecule has 2 N–H and O–H groups in total. The third-order valence-electron chi connectivity index (χ3n) is 2.60. The molecule has 0 saturated carbocycles. The van der Waals surface area contributed by atoms with Crippen LogP contribution >= 0.6 is 0 Å². The molecule has 0 heterocycles. The van der Waals surface area contributed by atoms with Crippen molar-refractivity contribution in [2.24, 2.45) is 5.73 Å². The van der Waals surface area contributed by atoms with Crippen molar-refractivity contribution in [1.29, 1.82) is 0 Å². The largest absolute Gasteiger partial charge is 0.492 e. The summed E-state index contributed by atoms with van der Waals surface area (Å²) in [6.07, 6.45) is 1.58. The van der Waals surface area contributed by atoms with Crippen LogP contribution in [0.4, 0.5) is 4.39 Å². The molecule has 0 bridgehead atoms. The minimum atomic E-state index is -0.392. The van der Waals surface area contributed by atoms with Gasteiger partial charge in [0.2, 0.25) is 0 Å². The summed E-state index contributed by atoms with van der Waals surface area (Å²) >= 11 is 0. The van der Waals surface area contributed by atoms with Gasteiger partial charge in [0.1, 0.15) is 0 Å². The SMILES string of the molecule is COc1c(F)cc(CCCN)c(C)c1OC. The highest BCUT2D eigenvalue weighted by molar-refractivity contribution is 5.51. The van der Waals surface area contributed by atoms with Crippen molar-refractivity contribution in [2.75, 3.05) is 20.8 Å². The molecule has 0 aliphatic rings. The van der Waals surface area contributed by atoms with Crippen molar-refractivity contribution < 1.29 is 13.9 Å². The number of nitrogens with two attached hydrogens (primary N) is 1. The molecule has 0 saturated heterocycles. The standard InChI is InChI=1S/C12H18FNO2/c1-8-9(5-4-6-14)7-10(13)12(16-3)11(8)15-2/h7H,4-6,14H2,1-3H3. The van der Waals surface area contributed by atoms with Crippen LogP contribution in [0.5, 0.6) is 11.5 Å². The fourth-order valence-corrected chi connectivity index (χ4v) is 1.74. The summed E-state index contributed by atoms with van der Waals surface area (Å²) in [6, 6.07) is 1.49.